The molecule has 4 aromatic carbocycles. The molecular formula is C34H27FO9. The van der Waals surface area contributed by atoms with Crippen LogP contribution in [0.5, 0.6) is 0 Å². The first-order valence-electron chi connectivity index (χ1n) is 13.7. The van der Waals surface area contributed by atoms with Crippen molar-refractivity contribution in [3.63, 3.8) is 0 Å². The van der Waals surface area contributed by atoms with Crippen LogP contribution in [0.4, 0.5) is 4.39 Å². The van der Waals surface area contributed by atoms with Crippen molar-refractivity contribution in [1.82, 2.24) is 0 Å². The summed E-state index contributed by atoms with van der Waals surface area (Å²) >= 11 is 0. The number of benzene rings is 4. The van der Waals surface area contributed by atoms with Gasteiger partial charge in [0.2, 0.25) is 12.4 Å². The fourth-order valence-electron chi connectivity index (χ4n) is 4.45. The number of carbonyl (C=O) groups is 4. The Bertz CT molecular complexity index is 1570. The number of esters is 4. The minimum Gasteiger partial charge on any atom is -0.459 e. The van der Waals surface area contributed by atoms with Crippen molar-refractivity contribution in [3.05, 3.63) is 144 Å². The van der Waals surface area contributed by atoms with E-state index in [9.17, 15) is 19.2 Å². The third-order valence-electron chi connectivity index (χ3n) is 6.70. The van der Waals surface area contributed by atoms with Gasteiger partial charge in [0.05, 0.1) is 22.3 Å². The Kier molecular flexibility index (Phi) is 9.73. The summed E-state index contributed by atoms with van der Waals surface area (Å²) in [5, 5.41) is 0. The minimum absolute atomic E-state index is 0.101. The zero-order valence-electron chi connectivity index (χ0n) is 23.2. The highest BCUT2D eigenvalue weighted by atomic mass is 19.1. The SMILES string of the molecule is O=C(OCC1O[C@H](OC(=O)c2ccccc2)C(OC(=O)c2ccccc2)C(OC(=O)c2ccccc2)[C@@H]1F)c1ccccc1. The first-order valence-corrected chi connectivity index (χ1v) is 13.7. The van der Waals surface area contributed by atoms with Gasteiger partial charge in [0.15, 0.2) is 12.3 Å². The molecule has 44 heavy (non-hydrogen) atoms. The zero-order valence-corrected chi connectivity index (χ0v) is 23.2. The summed E-state index contributed by atoms with van der Waals surface area (Å²) in [5.41, 5.74) is 0.566. The maximum absolute atomic E-state index is 16.3. The summed E-state index contributed by atoms with van der Waals surface area (Å²) in [6.45, 7) is -0.632. The Hall–Kier alpha value is -5.35. The van der Waals surface area contributed by atoms with E-state index in [4.69, 9.17) is 23.7 Å². The molecule has 0 N–H and O–H groups in total. The van der Waals surface area contributed by atoms with Gasteiger partial charge in [-0.15, -0.1) is 0 Å². The molecule has 5 rings (SSSR count). The molecule has 0 radical (unpaired) electrons. The highest BCUT2D eigenvalue weighted by molar-refractivity contribution is 5.91. The van der Waals surface area contributed by atoms with Crippen LogP contribution >= 0.6 is 0 Å². The fourth-order valence-corrected chi connectivity index (χ4v) is 4.45. The van der Waals surface area contributed by atoms with Crippen molar-refractivity contribution < 1.29 is 47.3 Å². The van der Waals surface area contributed by atoms with E-state index in [2.05, 4.69) is 0 Å². The van der Waals surface area contributed by atoms with Gasteiger partial charge in [-0.2, -0.15) is 0 Å². The molecule has 0 amide bonds. The fraction of sp³-hybridized carbons (Fsp3) is 0.176. The van der Waals surface area contributed by atoms with Crippen molar-refractivity contribution in [2.24, 2.45) is 0 Å². The second-order valence-electron chi connectivity index (χ2n) is 9.70. The Balaban J connectivity index is 1.46. The summed E-state index contributed by atoms with van der Waals surface area (Å²) in [4.78, 5) is 51.9. The van der Waals surface area contributed by atoms with Crippen molar-refractivity contribution in [1.29, 1.82) is 0 Å². The van der Waals surface area contributed by atoms with E-state index in [-0.39, 0.29) is 22.3 Å². The molecule has 10 heteroatoms. The first kappa shape index (κ1) is 30.1. The van der Waals surface area contributed by atoms with Crippen LogP contribution in [0.3, 0.4) is 0 Å². The van der Waals surface area contributed by atoms with E-state index in [1.165, 1.54) is 48.5 Å². The van der Waals surface area contributed by atoms with Gasteiger partial charge >= 0.3 is 23.9 Å². The molecule has 1 saturated heterocycles. The Morgan fingerprint density at radius 1 is 0.523 bits per heavy atom. The summed E-state index contributed by atoms with van der Waals surface area (Å²) < 4.78 is 44.1. The van der Waals surface area contributed by atoms with Crippen LogP contribution in [0.25, 0.3) is 0 Å². The van der Waals surface area contributed by atoms with E-state index in [1.54, 1.807) is 72.8 Å². The lowest BCUT2D eigenvalue weighted by Gasteiger charge is -2.41. The van der Waals surface area contributed by atoms with Gasteiger partial charge in [0, 0.05) is 0 Å². The highest BCUT2D eigenvalue weighted by Gasteiger charge is 2.53. The molecule has 1 heterocycles. The normalized spacial score (nSPS) is 21.0. The predicted octanol–water partition coefficient (Wildman–Crippen LogP) is 5.21. The zero-order chi connectivity index (χ0) is 30.9. The van der Waals surface area contributed by atoms with Gasteiger partial charge in [-0.25, -0.2) is 23.6 Å². The molecule has 9 nitrogen and oxygen atoms in total. The van der Waals surface area contributed by atoms with Gasteiger partial charge in [-0.3, -0.25) is 0 Å². The number of rotatable bonds is 9. The van der Waals surface area contributed by atoms with Crippen LogP contribution in [0.1, 0.15) is 41.4 Å². The summed E-state index contributed by atoms with van der Waals surface area (Å²) in [6, 6.07) is 31.5. The highest BCUT2D eigenvalue weighted by Crippen LogP contribution is 2.31. The lowest BCUT2D eigenvalue weighted by Crippen LogP contribution is -2.61. The molecule has 1 fully saturated rings. The quantitative estimate of drug-likeness (QED) is 0.189. The largest absolute Gasteiger partial charge is 0.459 e. The van der Waals surface area contributed by atoms with E-state index in [0.717, 1.165) is 0 Å². The van der Waals surface area contributed by atoms with Gasteiger partial charge in [0.1, 0.15) is 12.7 Å². The standard InChI is InChI=1S/C34H27FO9/c35-27-26(21-40-30(36)22-13-5-1-6-14-22)41-34(44-33(39)25-19-11-4-12-20-25)29(43-32(38)24-17-9-3-10-18-24)28(27)42-31(37)23-15-7-2-8-16-23/h1-20,26-29,34H,21H2/t26?,27-,28?,29?,34-/m1/s1. The predicted molar refractivity (Wildman–Crippen MR) is 153 cm³/mol. The number of carbonyl (C=O) groups excluding carboxylic acids is 4. The van der Waals surface area contributed by atoms with Crippen LogP contribution < -0.4 is 0 Å². The number of hydrogen-bond donors (Lipinski definition) is 0. The van der Waals surface area contributed by atoms with E-state index < -0.39 is 61.3 Å². The molecule has 0 aromatic heterocycles. The van der Waals surface area contributed by atoms with Gasteiger partial charge < -0.3 is 23.7 Å². The molecule has 4 aromatic rings. The molecular weight excluding hydrogens is 571 g/mol. The van der Waals surface area contributed by atoms with Gasteiger partial charge in [-0.1, -0.05) is 72.8 Å². The Morgan fingerprint density at radius 2 is 0.886 bits per heavy atom. The van der Waals surface area contributed by atoms with E-state index >= 15 is 4.39 Å². The lowest BCUT2D eigenvalue weighted by atomic mass is 9.99. The minimum atomic E-state index is -2.17. The van der Waals surface area contributed by atoms with Crippen LogP contribution in [-0.2, 0) is 23.7 Å². The molecule has 0 spiro atoms. The molecule has 5 atom stereocenters. The summed E-state index contributed by atoms with van der Waals surface area (Å²) in [6.07, 6.45) is -9.06. The third kappa shape index (κ3) is 7.34. The number of alkyl halides is 1. The number of halogens is 1. The second-order valence-corrected chi connectivity index (χ2v) is 9.70. The molecule has 0 saturated carbocycles. The summed E-state index contributed by atoms with van der Waals surface area (Å²) in [7, 11) is 0. The molecule has 0 bridgehead atoms. The second kappa shape index (κ2) is 14.2. The molecule has 0 aliphatic carbocycles. The summed E-state index contributed by atoms with van der Waals surface area (Å²) in [5.74, 6) is -3.45. The van der Waals surface area contributed by atoms with E-state index in [0.29, 0.717) is 0 Å². The van der Waals surface area contributed by atoms with Gasteiger partial charge in [-0.05, 0) is 48.5 Å². The van der Waals surface area contributed by atoms with Gasteiger partial charge in [0.25, 0.3) is 0 Å². The Labute approximate surface area is 252 Å². The molecule has 3 unspecified atom stereocenters. The molecule has 1 aliphatic rings. The van der Waals surface area contributed by atoms with Crippen LogP contribution in [0.15, 0.2) is 121 Å². The topological polar surface area (TPSA) is 114 Å². The third-order valence-corrected chi connectivity index (χ3v) is 6.70. The molecule has 1 aliphatic heterocycles. The average Bonchev–Trinajstić information content (AvgIpc) is 3.08. The smallest absolute Gasteiger partial charge is 0.340 e. The van der Waals surface area contributed by atoms with Crippen LogP contribution in [0, 0.1) is 0 Å². The first-order chi connectivity index (χ1) is 21.4. The van der Waals surface area contributed by atoms with Crippen molar-refractivity contribution >= 4 is 23.9 Å². The maximum Gasteiger partial charge on any atom is 0.340 e. The van der Waals surface area contributed by atoms with E-state index in [1.807, 2.05) is 0 Å². The Morgan fingerprint density at radius 3 is 1.32 bits per heavy atom. The average molecular weight is 599 g/mol. The van der Waals surface area contributed by atoms with Crippen molar-refractivity contribution in [2.75, 3.05) is 6.61 Å². The number of hydrogen-bond acceptors (Lipinski definition) is 9. The van der Waals surface area contributed by atoms with Crippen molar-refractivity contribution in [2.45, 2.75) is 30.8 Å². The van der Waals surface area contributed by atoms with Crippen LogP contribution in [-0.4, -0.2) is 61.3 Å². The maximum atomic E-state index is 16.3. The molecule has 224 valence electrons. The van der Waals surface area contributed by atoms with Crippen molar-refractivity contribution in [3.8, 4) is 0 Å². The number of ether oxygens (including phenoxy) is 5. The monoisotopic (exact) mass is 598 g/mol. The lowest BCUT2D eigenvalue weighted by molar-refractivity contribution is -0.272. The van der Waals surface area contributed by atoms with Crippen LogP contribution in [0.2, 0.25) is 0 Å².